The van der Waals surface area contributed by atoms with Gasteiger partial charge < -0.3 is 23.4 Å². The molecular formula is C28H32NO4+. The predicted molar refractivity (Wildman–Crippen MR) is 124 cm³/mol. The van der Waals surface area contributed by atoms with E-state index in [9.17, 15) is 0 Å². The van der Waals surface area contributed by atoms with Gasteiger partial charge in [-0.1, -0.05) is 42.5 Å². The summed E-state index contributed by atoms with van der Waals surface area (Å²) in [4.78, 5) is 0. The van der Waals surface area contributed by atoms with Gasteiger partial charge in [-0.05, 0) is 17.7 Å². The number of nitrogens with zero attached hydrogens (tertiary/aromatic N) is 1. The van der Waals surface area contributed by atoms with Gasteiger partial charge in [0.25, 0.3) is 0 Å². The first-order valence-corrected chi connectivity index (χ1v) is 12.2. The highest BCUT2D eigenvalue weighted by atomic mass is 16.7. The molecule has 172 valence electrons. The van der Waals surface area contributed by atoms with Crippen LogP contribution < -0.4 is 9.47 Å². The van der Waals surface area contributed by atoms with Gasteiger partial charge in [0, 0.05) is 44.6 Å². The number of hydrogen-bond donors (Lipinski definition) is 0. The van der Waals surface area contributed by atoms with Crippen molar-refractivity contribution in [3.05, 3.63) is 71.3 Å². The predicted octanol–water partition coefficient (Wildman–Crippen LogP) is 3.99. The zero-order chi connectivity index (χ0) is 22.5. The third-order valence-corrected chi connectivity index (χ3v) is 9.94. The fraction of sp³-hybridized carbons (Fsp3) is 0.500. The van der Waals surface area contributed by atoms with E-state index in [4.69, 9.17) is 18.9 Å². The van der Waals surface area contributed by atoms with Gasteiger partial charge in [0.05, 0.1) is 31.0 Å². The van der Waals surface area contributed by atoms with Crippen LogP contribution in [0.1, 0.15) is 29.5 Å². The largest absolute Gasteiger partial charge is 0.493 e. The SMILES string of the molecule is COc1ccc2c3c1O[C@H]1C(OC)(OC)C=C[C@]45CC[N+](Cc6ccccc6)(CC[C@]314)[C@@H]5C2. The number of rotatable bonds is 5. The third kappa shape index (κ3) is 2.11. The molecule has 4 bridgehead atoms. The summed E-state index contributed by atoms with van der Waals surface area (Å²) < 4.78 is 26.0. The summed E-state index contributed by atoms with van der Waals surface area (Å²) in [6.07, 6.45) is 7.73. The lowest BCUT2D eigenvalue weighted by molar-refractivity contribution is -0.961. The van der Waals surface area contributed by atoms with E-state index >= 15 is 0 Å². The molecule has 0 radical (unpaired) electrons. The second-order valence-corrected chi connectivity index (χ2v) is 10.6. The molecule has 5 heteroatoms. The molecule has 0 saturated carbocycles. The fourth-order valence-corrected chi connectivity index (χ4v) is 8.62. The number of benzene rings is 2. The lowest BCUT2D eigenvalue weighted by atomic mass is 9.45. The molecule has 0 amide bonds. The number of methoxy groups -OCH3 is 3. The van der Waals surface area contributed by atoms with Gasteiger partial charge in [0.2, 0.25) is 5.79 Å². The van der Waals surface area contributed by atoms with E-state index < -0.39 is 5.79 Å². The summed E-state index contributed by atoms with van der Waals surface area (Å²) in [7, 11) is 5.21. The van der Waals surface area contributed by atoms with Crippen molar-refractivity contribution in [2.45, 2.75) is 49.2 Å². The summed E-state index contributed by atoms with van der Waals surface area (Å²) in [6, 6.07) is 15.9. The van der Waals surface area contributed by atoms with Crippen molar-refractivity contribution in [2.75, 3.05) is 34.4 Å². The summed E-state index contributed by atoms with van der Waals surface area (Å²) >= 11 is 0. The molecule has 2 fully saturated rings. The minimum absolute atomic E-state index is 0.0376. The second-order valence-electron chi connectivity index (χ2n) is 10.6. The van der Waals surface area contributed by atoms with Crippen molar-refractivity contribution in [1.29, 1.82) is 0 Å². The average Bonchev–Trinajstić information content (AvgIpc) is 3.31. The van der Waals surface area contributed by atoms with E-state index in [2.05, 4.69) is 54.6 Å². The van der Waals surface area contributed by atoms with Crippen molar-refractivity contribution < 1.29 is 23.4 Å². The van der Waals surface area contributed by atoms with Gasteiger partial charge in [0.15, 0.2) is 17.6 Å². The normalized spacial score (nSPS) is 38.0. The molecular weight excluding hydrogens is 414 g/mol. The maximum absolute atomic E-state index is 6.86. The first-order valence-electron chi connectivity index (χ1n) is 12.2. The number of piperidine rings is 1. The van der Waals surface area contributed by atoms with Gasteiger partial charge in [0.1, 0.15) is 12.6 Å². The molecule has 33 heavy (non-hydrogen) atoms. The van der Waals surface area contributed by atoms with Crippen LogP contribution in [0.3, 0.4) is 0 Å². The lowest BCUT2D eigenvalue weighted by Gasteiger charge is -2.63. The lowest BCUT2D eigenvalue weighted by Crippen LogP contribution is -2.74. The van der Waals surface area contributed by atoms with Crippen LogP contribution in [0.2, 0.25) is 0 Å². The van der Waals surface area contributed by atoms with E-state index in [0.29, 0.717) is 6.04 Å². The molecule has 2 saturated heterocycles. The number of hydrogen-bond acceptors (Lipinski definition) is 4. The van der Waals surface area contributed by atoms with Crippen LogP contribution in [0.15, 0.2) is 54.6 Å². The Morgan fingerprint density at radius 1 is 0.970 bits per heavy atom. The Labute approximate surface area is 195 Å². The van der Waals surface area contributed by atoms with Crippen LogP contribution in [0.4, 0.5) is 0 Å². The fourth-order valence-electron chi connectivity index (χ4n) is 8.62. The van der Waals surface area contributed by atoms with E-state index in [1.54, 1.807) is 21.3 Å². The molecule has 2 aliphatic carbocycles. The molecule has 5 atom stereocenters. The maximum atomic E-state index is 6.86. The molecule has 2 aromatic rings. The quantitative estimate of drug-likeness (QED) is 0.395. The highest BCUT2D eigenvalue weighted by Gasteiger charge is 2.80. The van der Waals surface area contributed by atoms with Crippen molar-refractivity contribution >= 4 is 0 Å². The molecule has 3 heterocycles. The van der Waals surface area contributed by atoms with Gasteiger partial charge >= 0.3 is 0 Å². The van der Waals surface area contributed by atoms with Crippen LogP contribution >= 0.6 is 0 Å². The van der Waals surface area contributed by atoms with Crippen molar-refractivity contribution in [2.24, 2.45) is 5.41 Å². The van der Waals surface area contributed by atoms with Gasteiger partial charge in [-0.15, -0.1) is 0 Å². The van der Waals surface area contributed by atoms with E-state index in [1.807, 2.05) is 0 Å². The first kappa shape index (κ1) is 20.1. The highest BCUT2D eigenvalue weighted by molar-refractivity contribution is 5.64. The molecule has 5 aliphatic rings. The standard InChI is InChI=1S/C28H32NO4/c1-30-21-10-9-20-17-22-26-11-12-28(31-2,32-3)25-27(26,23(20)24(21)33-25)14-16-29(22,15-13-26)18-19-7-5-4-6-8-19/h4-12,22,25H,13-18H2,1-3H3/q+1/t22-,25-,26-,27+,29?/m1/s1. The first-order chi connectivity index (χ1) is 16.1. The third-order valence-electron chi connectivity index (χ3n) is 9.94. The summed E-state index contributed by atoms with van der Waals surface area (Å²) in [5, 5.41) is 0. The Morgan fingerprint density at radius 3 is 2.52 bits per heavy atom. The van der Waals surface area contributed by atoms with Gasteiger partial charge in [-0.3, -0.25) is 0 Å². The summed E-state index contributed by atoms with van der Waals surface area (Å²) in [5.41, 5.74) is 4.10. The Kier molecular flexibility index (Phi) is 3.90. The molecule has 0 aromatic heterocycles. The molecule has 0 N–H and O–H groups in total. The van der Waals surface area contributed by atoms with Gasteiger partial charge in [-0.2, -0.15) is 0 Å². The second kappa shape index (κ2) is 6.41. The summed E-state index contributed by atoms with van der Waals surface area (Å²) in [6.45, 7) is 3.45. The van der Waals surface area contributed by atoms with Crippen LogP contribution in [0.25, 0.3) is 0 Å². The van der Waals surface area contributed by atoms with Gasteiger partial charge in [-0.25, -0.2) is 0 Å². The topological polar surface area (TPSA) is 36.9 Å². The van der Waals surface area contributed by atoms with Crippen molar-refractivity contribution in [1.82, 2.24) is 0 Å². The molecule has 1 unspecified atom stereocenters. The van der Waals surface area contributed by atoms with E-state index in [0.717, 1.165) is 41.9 Å². The maximum Gasteiger partial charge on any atom is 0.226 e. The minimum Gasteiger partial charge on any atom is -0.493 e. The zero-order valence-electron chi connectivity index (χ0n) is 19.7. The van der Waals surface area contributed by atoms with Crippen LogP contribution in [0, 0.1) is 5.41 Å². The Balaban J connectivity index is 1.47. The van der Waals surface area contributed by atoms with Crippen LogP contribution in [0.5, 0.6) is 11.5 Å². The summed E-state index contributed by atoms with van der Waals surface area (Å²) in [5.74, 6) is 0.833. The highest BCUT2D eigenvalue weighted by Crippen LogP contribution is 2.73. The molecule has 5 nitrogen and oxygen atoms in total. The zero-order valence-corrected chi connectivity index (χ0v) is 19.7. The smallest absolute Gasteiger partial charge is 0.226 e. The number of quaternary nitrogens is 1. The average molecular weight is 447 g/mol. The minimum atomic E-state index is -0.899. The molecule has 2 spiro atoms. The Bertz CT molecular complexity index is 1160. The van der Waals surface area contributed by atoms with E-state index in [-0.39, 0.29) is 16.9 Å². The molecule has 3 aliphatic heterocycles. The monoisotopic (exact) mass is 446 g/mol. The van der Waals surface area contributed by atoms with E-state index in [1.165, 1.54) is 29.7 Å². The Morgan fingerprint density at radius 2 is 1.76 bits per heavy atom. The van der Waals surface area contributed by atoms with Crippen molar-refractivity contribution in [3.63, 3.8) is 0 Å². The van der Waals surface area contributed by atoms with Crippen LogP contribution in [-0.2, 0) is 27.9 Å². The van der Waals surface area contributed by atoms with Crippen LogP contribution in [-0.4, -0.2) is 56.8 Å². The molecule has 7 rings (SSSR count). The molecule has 2 aromatic carbocycles. The Hall–Kier alpha value is -2.34. The van der Waals surface area contributed by atoms with Crippen molar-refractivity contribution in [3.8, 4) is 11.5 Å². The number of ether oxygens (including phenoxy) is 4.